The molecule has 0 bridgehead atoms. The topological polar surface area (TPSA) is 98.7 Å². The number of carboxylic acid groups (broad SMARTS) is 1. The van der Waals surface area contributed by atoms with Gasteiger partial charge in [-0.1, -0.05) is 30.3 Å². The van der Waals surface area contributed by atoms with E-state index in [9.17, 15) is 14.7 Å². The van der Waals surface area contributed by atoms with Gasteiger partial charge in [-0.25, -0.2) is 4.79 Å². The number of hydrogen-bond donors (Lipinski definition) is 4. The van der Waals surface area contributed by atoms with Crippen LogP contribution in [0.25, 0.3) is 0 Å². The van der Waals surface area contributed by atoms with Gasteiger partial charge in [0.25, 0.3) is 0 Å². The standard InChI is InChI=1S/C14H20N2O4/c1-9(17)12(14(19)20)16-13(18)11(15-2)8-10-6-4-3-5-7-10/h3-7,9,11-12,15,17H,8H2,1-2H3,(H,16,18)(H,19,20)/t9-,11+,12+/m1/s1. The molecule has 1 aromatic rings. The van der Waals surface area contributed by atoms with Crippen LogP contribution >= 0.6 is 0 Å². The van der Waals surface area contributed by atoms with Crippen molar-refractivity contribution in [3.05, 3.63) is 35.9 Å². The third-order valence-corrected chi connectivity index (χ3v) is 2.99. The molecule has 0 aliphatic carbocycles. The van der Waals surface area contributed by atoms with Gasteiger partial charge in [0.1, 0.15) is 0 Å². The van der Waals surface area contributed by atoms with Crippen LogP contribution in [0.1, 0.15) is 12.5 Å². The van der Waals surface area contributed by atoms with Crippen molar-refractivity contribution in [2.24, 2.45) is 0 Å². The number of aliphatic hydroxyl groups is 1. The lowest BCUT2D eigenvalue weighted by molar-refractivity contribution is -0.145. The summed E-state index contributed by atoms with van der Waals surface area (Å²) in [6.45, 7) is 1.32. The van der Waals surface area contributed by atoms with Crippen LogP contribution < -0.4 is 10.6 Å². The highest BCUT2D eigenvalue weighted by molar-refractivity contribution is 5.87. The fourth-order valence-electron chi connectivity index (χ4n) is 1.82. The second kappa shape index (κ2) is 7.62. The number of nitrogens with one attached hydrogen (secondary N) is 2. The molecule has 0 saturated carbocycles. The van der Waals surface area contributed by atoms with Gasteiger partial charge in [-0.2, -0.15) is 0 Å². The van der Waals surface area contributed by atoms with Crippen molar-refractivity contribution in [3.8, 4) is 0 Å². The van der Waals surface area contributed by atoms with E-state index in [-0.39, 0.29) is 0 Å². The highest BCUT2D eigenvalue weighted by Crippen LogP contribution is 2.04. The first-order valence-corrected chi connectivity index (χ1v) is 6.38. The van der Waals surface area contributed by atoms with Crippen LogP contribution in [0.5, 0.6) is 0 Å². The van der Waals surface area contributed by atoms with Crippen molar-refractivity contribution in [2.45, 2.75) is 31.5 Å². The predicted octanol–water partition coefficient (Wildman–Crippen LogP) is -0.233. The van der Waals surface area contributed by atoms with Crippen LogP contribution in [-0.4, -0.2) is 47.3 Å². The van der Waals surface area contributed by atoms with Crippen LogP contribution in [0.3, 0.4) is 0 Å². The SMILES string of the molecule is CN[C@@H](Cc1ccccc1)C(=O)N[C@H](C(=O)O)[C@@H](C)O. The highest BCUT2D eigenvalue weighted by atomic mass is 16.4. The van der Waals surface area contributed by atoms with Gasteiger partial charge in [-0.05, 0) is 26.0 Å². The summed E-state index contributed by atoms with van der Waals surface area (Å²) in [5, 5.41) is 23.5. The van der Waals surface area contributed by atoms with Crippen LogP contribution in [-0.2, 0) is 16.0 Å². The molecule has 0 aromatic heterocycles. The Morgan fingerprint density at radius 1 is 1.25 bits per heavy atom. The lowest BCUT2D eigenvalue weighted by atomic mass is 10.0. The summed E-state index contributed by atoms with van der Waals surface area (Å²) < 4.78 is 0. The monoisotopic (exact) mass is 280 g/mol. The van der Waals surface area contributed by atoms with Crippen molar-refractivity contribution in [2.75, 3.05) is 7.05 Å². The summed E-state index contributed by atoms with van der Waals surface area (Å²) in [6.07, 6.45) is -0.722. The summed E-state index contributed by atoms with van der Waals surface area (Å²) in [5.74, 6) is -1.72. The Balaban J connectivity index is 2.69. The lowest BCUT2D eigenvalue weighted by Gasteiger charge is -2.21. The molecule has 0 heterocycles. The molecule has 110 valence electrons. The minimum Gasteiger partial charge on any atom is -0.480 e. The Morgan fingerprint density at radius 2 is 1.85 bits per heavy atom. The fourth-order valence-corrected chi connectivity index (χ4v) is 1.82. The number of hydrogen-bond acceptors (Lipinski definition) is 4. The zero-order chi connectivity index (χ0) is 15.1. The molecular weight excluding hydrogens is 260 g/mol. The van der Waals surface area contributed by atoms with Gasteiger partial charge >= 0.3 is 5.97 Å². The number of aliphatic carboxylic acids is 1. The molecule has 0 spiro atoms. The van der Waals surface area contributed by atoms with Gasteiger partial charge in [-0.15, -0.1) is 0 Å². The first-order valence-electron chi connectivity index (χ1n) is 6.38. The summed E-state index contributed by atoms with van der Waals surface area (Å²) in [7, 11) is 1.63. The number of aliphatic hydroxyl groups excluding tert-OH is 1. The van der Waals surface area contributed by atoms with Crippen molar-refractivity contribution in [1.29, 1.82) is 0 Å². The van der Waals surface area contributed by atoms with Gasteiger partial charge in [0.2, 0.25) is 5.91 Å². The first-order chi connectivity index (χ1) is 9.45. The molecule has 6 nitrogen and oxygen atoms in total. The Bertz CT molecular complexity index is 448. The number of carbonyl (C=O) groups is 2. The summed E-state index contributed by atoms with van der Waals surface area (Å²) in [6, 6.07) is 7.53. The zero-order valence-electron chi connectivity index (χ0n) is 11.5. The van der Waals surface area contributed by atoms with E-state index >= 15 is 0 Å². The van der Waals surface area contributed by atoms with Gasteiger partial charge in [0.15, 0.2) is 6.04 Å². The van der Waals surface area contributed by atoms with Crippen LogP contribution in [0, 0.1) is 0 Å². The molecule has 1 amide bonds. The molecule has 0 fully saturated rings. The summed E-state index contributed by atoms with van der Waals surface area (Å²) in [4.78, 5) is 23.0. The molecule has 20 heavy (non-hydrogen) atoms. The third kappa shape index (κ3) is 4.64. The van der Waals surface area contributed by atoms with E-state index in [1.54, 1.807) is 7.05 Å². The Labute approximate surface area is 117 Å². The van der Waals surface area contributed by atoms with Crippen molar-refractivity contribution in [3.63, 3.8) is 0 Å². The summed E-state index contributed by atoms with van der Waals surface area (Å²) >= 11 is 0. The minimum absolute atomic E-state index is 0.440. The maximum Gasteiger partial charge on any atom is 0.328 e. The number of carboxylic acids is 1. The smallest absolute Gasteiger partial charge is 0.328 e. The minimum atomic E-state index is -1.31. The number of likely N-dealkylation sites (N-methyl/N-ethyl adjacent to an activating group) is 1. The predicted molar refractivity (Wildman–Crippen MR) is 74.2 cm³/mol. The van der Waals surface area contributed by atoms with E-state index in [1.165, 1.54) is 6.92 Å². The second-order valence-electron chi connectivity index (χ2n) is 4.60. The fraction of sp³-hybridized carbons (Fsp3) is 0.429. The molecule has 4 N–H and O–H groups in total. The van der Waals surface area contributed by atoms with Crippen molar-refractivity contribution < 1.29 is 19.8 Å². The average molecular weight is 280 g/mol. The van der Waals surface area contributed by atoms with E-state index < -0.39 is 30.1 Å². The Hall–Kier alpha value is -1.92. The van der Waals surface area contributed by atoms with Gasteiger partial charge in [0, 0.05) is 0 Å². The van der Waals surface area contributed by atoms with E-state index in [4.69, 9.17) is 5.11 Å². The number of carbonyl (C=O) groups excluding carboxylic acids is 1. The maximum atomic E-state index is 12.0. The van der Waals surface area contributed by atoms with Crippen molar-refractivity contribution >= 4 is 11.9 Å². The summed E-state index contributed by atoms with van der Waals surface area (Å²) in [5.41, 5.74) is 0.964. The number of amides is 1. The molecule has 0 aliphatic rings. The molecular formula is C14H20N2O4. The van der Waals surface area contributed by atoms with Gasteiger partial charge in [-0.3, -0.25) is 4.79 Å². The van der Waals surface area contributed by atoms with E-state index in [1.807, 2.05) is 30.3 Å². The van der Waals surface area contributed by atoms with Crippen LogP contribution in [0.2, 0.25) is 0 Å². The van der Waals surface area contributed by atoms with Gasteiger partial charge < -0.3 is 20.8 Å². The molecule has 6 heteroatoms. The van der Waals surface area contributed by atoms with E-state index in [0.29, 0.717) is 6.42 Å². The van der Waals surface area contributed by atoms with E-state index in [0.717, 1.165) is 5.56 Å². The second-order valence-corrected chi connectivity index (χ2v) is 4.60. The third-order valence-electron chi connectivity index (χ3n) is 2.99. The first kappa shape index (κ1) is 16.1. The lowest BCUT2D eigenvalue weighted by Crippen LogP contribution is -2.53. The quantitative estimate of drug-likeness (QED) is 0.553. The molecule has 3 atom stereocenters. The molecule has 1 rings (SSSR count). The molecule has 0 saturated heterocycles. The largest absolute Gasteiger partial charge is 0.480 e. The Morgan fingerprint density at radius 3 is 2.30 bits per heavy atom. The highest BCUT2D eigenvalue weighted by Gasteiger charge is 2.27. The molecule has 1 aromatic carbocycles. The van der Waals surface area contributed by atoms with Gasteiger partial charge in [0.05, 0.1) is 12.1 Å². The average Bonchev–Trinajstić information content (AvgIpc) is 2.42. The molecule has 0 aliphatic heterocycles. The van der Waals surface area contributed by atoms with Crippen molar-refractivity contribution in [1.82, 2.24) is 10.6 Å². The van der Waals surface area contributed by atoms with Crippen LogP contribution in [0.4, 0.5) is 0 Å². The number of rotatable bonds is 7. The van der Waals surface area contributed by atoms with E-state index in [2.05, 4.69) is 10.6 Å². The van der Waals surface area contributed by atoms with Crippen LogP contribution in [0.15, 0.2) is 30.3 Å². The zero-order valence-corrected chi connectivity index (χ0v) is 11.5. The number of benzene rings is 1. The Kier molecular flexibility index (Phi) is 6.14. The maximum absolute atomic E-state index is 12.0. The molecule has 0 unspecified atom stereocenters. The molecule has 0 radical (unpaired) electrons. The normalized spacial score (nSPS) is 15.2.